The summed E-state index contributed by atoms with van der Waals surface area (Å²) in [7, 11) is 0. The number of nitrogens with zero attached hydrogens (tertiary/aromatic N) is 2. The van der Waals surface area contributed by atoms with Gasteiger partial charge in [0, 0.05) is 21.4 Å². The largest absolute Gasteiger partial charge is 0.293 e. The molecule has 2 heterocycles. The Balaban J connectivity index is 1.51. The van der Waals surface area contributed by atoms with Crippen LogP contribution in [0.1, 0.15) is 29.2 Å². The van der Waals surface area contributed by atoms with Crippen molar-refractivity contribution in [1.82, 2.24) is 9.55 Å². The standard InChI is InChI=1S/C23H18N2O2S3/c26-19(14-4-2-1-3-5-14)13-29-23-24-21-18(22(27)25(23)16-8-9-16)12-20(30-21)15-6-10-17(28)11-7-15/h1-7,10-12,16,28H,8-9,13H2. The van der Waals surface area contributed by atoms with E-state index >= 15 is 0 Å². The Labute approximate surface area is 187 Å². The van der Waals surface area contributed by atoms with Gasteiger partial charge in [-0.25, -0.2) is 4.98 Å². The van der Waals surface area contributed by atoms with Crippen LogP contribution in [0, 0.1) is 0 Å². The van der Waals surface area contributed by atoms with Crippen molar-refractivity contribution in [3.8, 4) is 10.4 Å². The summed E-state index contributed by atoms with van der Waals surface area (Å²) < 4.78 is 1.79. The van der Waals surface area contributed by atoms with Crippen molar-refractivity contribution < 1.29 is 4.79 Å². The number of aromatic nitrogens is 2. The molecule has 4 nitrogen and oxygen atoms in total. The third-order valence-electron chi connectivity index (χ3n) is 5.06. The molecule has 0 radical (unpaired) electrons. The molecule has 1 fully saturated rings. The van der Waals surface area contributed by atoms with Crippen LogP contribution < -0.4 is 5.56 Å². The fourth-order valence-electron chi connectivity index (χ4n) is 3.34. The number of rotatable bonds is 6. The van der Waals surface area contributed by atoms with Gasteiger partial charge in [0.05, 0.1) is 11.1 Å². The lowest BCUT2D eigenvalue weighted by molar-refractivity contribution is 0.102. The average molecular weight is 451 g/mol. The minimum atomic E-state index is -0.00882. The molecule has 1 aliphatic carbocycles. The van der Waals surface area contributed by atoms with Crippen molar-refractivity contribution in [2.75, 3.05) is 5.75 Å². The highest BCUT2D eigenvalue weighted by molar-refractivity contribution is 7.99. The van der Waals surface area contributed by atoms with Crippen molar-refractivity contribution in [3.63, 3.8) is 0 Å². The zero-order valence-electron chi connectivity index (χ0n) is 15.9. The summed E-state index contributed by atoms with van der Waals surface area (Å²) in [5, 5.41) is 1.29. The molecule has 0 saturated heterocycles. The molecule has 5 rings (SSSR count). The minimum absolute atomic E-state index is 0.00882. The molecule has 0 amide bonds. The molecule has 0 atom stereocenters. The Morgan fingerprint density at radius 3 is 2.57 bits per heavy atom. The van der Waals surface area contributed by atoms with Crippen molar-refractivity contribution in [3.05, 3.63) is 76.6 Å². The zero-order valence-corrected chi connectivity index (χ0v) is 18.5. The van der Waals surface area contributed by atoms with Gasteiger partial charge in [0.1, 0.15) is 4.83 Å². The summed E-state index contributed by atoms with van der Waals surface area (Å²) in [6, 6.07) is 19.2. The summed E-state index contributed by atoms with van der Waals surface area (Å²) in [5.41, 5.74) is 1.71. The highest BCUT2D eigenvalue weighted by Crippen LogP contribution is 2.39. The Hall–Kier alpha value is -2.35. The molecule has 1 saturated carbocycles. The maximum absolute atomic E-state index is 13.3. The molecular weight excluding hydrogens is 432 g/mol. The molecule has 0 spiro atoms. The van der Waals surface area contributed by atoms with Crippen LogP contribution in [0.5, 0.6) is 0 Å². The molecule has 2 aromatic heterocycles. The van der Waals surface area contributed by atoms with Crippen LogP contribution in [0.2, 0.25) is 0 Å². The van der Waals surface area contributed by atoms with E-state index in [1.165, 1.54) is 23.1 Å². The van der Waals surface area contributed by atoms with Gasteiger partial charge in [0.2, 0.25) is 0 Å². The fraction of sp³-hybridized carbons (Fsp3) is 0.174. The van der Waals surface area contributed by atoms with E-state index in [0.29, 0.717) is 16.1 Å². The monoisotopic (exact) mass is 450 g/mol. The number of hydrogen-bond donors (Lipinski definition) is 1. The Morgan fingerprint density at radius 2 is 1.87 bits per heavy atom. The van der Waals surface area contributed by atoms with Gasteiger partial charge in [-0.2, -0.15) is 0 Å². The van der Waals surface area contributed by atoms with Gasteiger partial charge in [-0.3, -0.25) is 14.2 Å². The second kappa shape index (κ2) is 8.06. The SMILES string of the molecule is O=C(CSc1nc2sc(-c3ccc(S)cc3)cc2c(=O)n1C1CC1)c1ccccc1. The summed E-state index contributed by atoms with van der Waals surface area (Å²) in [4.78, 5) is 33.2. The predicted molar refractivity (Wildman–Crippen MR) is 126 cm³/mol. The molecule has 4 aromatic rings. The number of Topliss-reactive ketones (excluding diaryl/α,β-unsaturated/α-hetero) is 1. The number of carbonyl (C=O) groups excluding carboxylic acids is 1. The maximum Gasteiger partial charge on any atom is 0.263 e. The number of ketones is 1. The van der Waals surface area contributed by atoms with E-state index in [1.807, 2.05) is 60.7 Å². The lowest BCUT2D eigenvalue weighted by Gasteiger charge is -2.10. The first-order chi connectivity index (χ1) is 14.6. The second-order valence-corrected chi connectivity index (χ2v) is 9.74. The number of carbonyl (C=O) groups is 1. The van der Waals surface area contributed by atoms with Crippen molar-refractivity contribution in [2.45, 2.75) is 28.9 Å². The fourth-order valence-corrected chi connectivity index (χ4v) is 5.52. The number of thiol groups is 1. The highest BCUT2D eigenvalue weighted by atomic mass is 32.2. The summed E-state index contributed by atoms with van der Waals surface area (Å²) in [6.07, 6.45) is 1.96. The number of benzene rings is 2. The molecule has 30 heavy (non-hydrogen) atoms. The topological polar surface area (TPSA) is 52.0 Å². The number of fused-ring (bicyclic) bond motifs is 1. The van der Waals surface area contributed by atoms with Crippen LogP contribution in [0.4, 0.5) is 0 Å². The van der Waals surface area contributed by atoms with Gasteiger partial charge in [-0.05, 0) is 36.6 Å². The van der Waals surface area contributed by atoms with E-state index in [1.54, 1.807) is 4.57 Å². The van der Waals surface area contributed by atoms with Crippen LogP contribution in [0.15, 0.2) is 75.5 Å². The molecule has 0 N–H and O–H groups in total. The zero-order chi connectivity index (χ0) is 20.7. The third kappa shape index (κ3) is 3.85. The van der Waals surface area contributed by atoms with E-state index in [0.717, 1.165) is 33.0 Å². The third-order valence-corrected chi connectivity index (χ3v) is 7.39. The lowest BCUT2D eigenvalue weighted by Crippen LogP contribution is -2.22. The minimum Gasteiger partial charge on any atom is -0.293 e. The van der Waals surface area contributed by atoms with Crippen LogP contribution >= 0.6 is 35.7 Å². The van der Waals surface area contributed by atoms with Crippen molar-refractivity contribution in [2.24, 2.45) is 0 Å². The van der Waals surface area contributed by atoms with Gasteiger partial charge in [-0.1, -0.05) is 54.2 Å². The molecule has 1 aliphatic rings. The molecule has 0 bridgehead atoms. The van der Waals surface area contributed by atoms with E-state index in [2.05, 4.69) is 12.6 Å². The first kappa shape index (κ1) is 19.6. The van der Waals surface area contributed by atoms with Crippen LogP contribution in [0.3, 0.4) is 0 Å². The van der Waals surface area contributed by atoms with Gasteiger partial charge >= 0.3 is 0 Å². The van der Waals surface area contributed by atoms with Crippen LogP contribution in [0.25, 0.3) is 20.7 Å². The van der Waals surface area contributed by atoms with Gasteiger partial charge in [0.25, 0.3) is 5.56 Å². The van der Waals surface area contributed by atoms with Crippen LogP contribution in [-0.2, 0) is 0 Å². The molecule has 0 unspecified atom stereocenters. The Bertz CT molecular complexity index is 1290. The molecule has 7 heteroatoms. The highest BCUT2D eigenvalue weighted by Gasteiger charge is 2.29. The normalized spacial score (nSPS) is 13.6. The number of thioether (sulfide) groups is 1. The van der Waals surface area contributed by atoms with Gasteiger partial charge < -0.3 is 0 Å². The quantitative estimate of drug-likeness (QED) is 0.177. The maximum atomic E-state index is 13.3. The smallest absolute Gasteiger partial charge is 0.263 e. The number of thiophene rings is 1. The van der Waals surface area contributed by atoms with E-state index in [-0.39, 0.29) is 23.1 Å². The molecule has 0 aliphatic heterocycles. The van der Waals surface area contributed by atoms with Crippen LogP contribution in [-0.4, -0.2) is 21.1 Å². The first-order valence-corrected chi connectivity index (χ1v) is 11.9. The molecule has 2 aromatic carbocycles. The second-order valence-electron chi connectivity index (χ2n) is 7.25. The Morgan fingerprint density at radius 1 is 1.13 bits per heavy atom. The summed E-state index contributed by atoms with van der Waals surface area (Å²) in [6.45, 7) is 0. The van der Waals surface area contributed by atoms with Gasteiger partial charge in [0.15, 0.2) is 10.9 Å². The first-order valence-electron chi connectivity index (χ1n) is 9.66. The van der Waals surface area contributed by atoms with Crippen molar-refractivity contribution >= 4 is 51.7 Å². The number of hydrogen-bond acceptors (Lipinski definition) is 6. The summed E-state index contributed by atoms with van der Waals surface area (Å²) >= 11 is 7.20. The van der Waals surface area contributed by atoms with Crippen molar-refractivity contribution in [1.29, 1.82) is 0 Å². The lowest BCUT2D eigenvalue weighted by atomic mass is 10.2. The Kier molecular flexibility index (Phi) is 5.26. The molecule has 150 valence electrons. The average Bonchev–Trinajstić information content (AvgIpc) is 3.51. The molecular formula is C23H18N2O2S3. The van der Waals surface area contributed by atoms with E-state index < -0.39 is 0 Å². The van der Waals surface area contributed by atoms with E-state index in [4.69, 9.17) is 4.98 Å². The van der Waals surface area contributed by atoms with Gasteiger partial charge in [-0.15, -0.1) is 24.0 Å². The summed E-state index contributed by atoms with van der Waals surface area (Å²) in [5.74, 6) is 0.298. The van der Waals surface area contributed by atoms with E-state index in [9.17, 15) is 9.59 Å². The predicted octanol–water partition coefficient (Wildman–Crippen LogP) is 5.72.